The van der Waals surface area contributed by atoms with E-state index in [1.54, 1.807) is 6.07 Å². The molecule has 4 nitrogen and oxygen atoms in total. The Balaban J connectivity index is 0.00000180. The van der Waals surface area contributed by atoms with E-state index in [1.807, 2.05) is 16.3 Å². The molecule has 6 heteroatoms. The Morgan fingerprint density at radius 2 is 2.21 bits per heavy atom. The zero-order valence-electron chi connectivity index (χ0n) is 10.7. The number of thiophene rings is 1. The van der Waals surface area contributed by atoms with Gasteiger partial charge < -0.3 is 10.6 Å². The number of carbonyl (C=O) groups is 2. The standard InChI is InChI=1S/C13H18N2O2S.ClH/c14-9-10-3-1-7-15(10)13(17)6-5-11(16)12-4-2-8-18-12;/h2,4,8,10H,1,3,5-7,9,14H2;1H. The first kappa shape index (κ1) is 16.1. The van der Waals surface area contributed by atoms with Gasteiger partial charge in [0.2, 0.25) is 5.91 Å². The molecule has 0 aromatic carbocycles. The van der Waals surface area contributed by atoms with Crippen LogP contribution in [0.4, 0.5) is 0 Å². The molecule has 2 rings (SSSR count). The molecule has 106 valence electrons. The predicted octanol–water partition coefficient (Wildman–Crippen LogP) is 2.08. The predicted molar refractivity (Wildman–Crippen MR) is 78.9 cm³/mol. The highest BCUT2D eigenvalue weighted by Gasteiger charge is 2.27. The van der Waals surface area contributed by atoms with Gasteiger partial charge in [-0.05, 0) is 24.3 Å². The van der Waals surface area contributed by atoms with Crippen LogP contribution in [0.25, 0.3) is 0 Å². The van der Waals surface area contributed by atoms with Gasteiger partial charge in [0, 0.05) is 32.0 Å². The molecule has 0 bridgehead atoms. The summed E-state index contributed by atoms with van der Waals surface area (Å²) in [6.07, 6.45) is 2.61. The molecule has 1 aliphatic heterocycles. The van der Waals surface area contributed by atoms with E-state index in [0.29, 0.717) is 19.4 Å². The lowest BCUT2D eigenvalue weighted by atomic mass is 10.1. The first-order chi connectivity index (χ1) is 8.72. The van der Waals surface area contributed by atoms with Gasteiger partial charge in [0.15, 0.2) is 5.78 Å². The van der Waals surface area contributed by atoms with Gasteiger partial charge in [0.25, 0.3) is 0 Å². The maximum Gasteiger partial charge on any atom is 0.223 e. The molecule has 1 aliphatic rings. The lowest BCUT2D eigenvalue weighted by Crippen LogP contribution is -2.39. The molecular weight excluding hydrogens is 284 g/mol. The monoisotopic (exact) mass is 302 g/mol. The van der Waals surface area contributed by atoms with Crippen LogP contribution in [-0.2, 0) is 4.79 Å². The Bertz CT molecular complexity index is 422. The summed E-state index contributed by atoms with van der Waals surface area (Å²) < 4.78 is 0. The normalized spacial score (nSPS) is 18.2. The topological polar surface area (TPSA) is 63.4 Å². The van der Waals surface area contributed by atoms with Crippen LogP contribution in [-0.4, -0.2) is 35.7 Å². The zero-order chi connectivity index (χ0) is 13.0. The molecule has 0 aliphatic carbocycles. The maximum absolute atomic E-state index is 12.0. The molecule has 1 amide bonds. The van der Waals surface area contributed by atoms with Gasteiger partial charge in [-0.1, -0.05) is 6.07 Å². The minimum Gasteiger partial charge on any atom is -0.338 e. The maximum atomic E-state index is 12.0. The lowest BCUT2D eigenvalue weighted by molar-refractivity contribution is -0.131. The molecule has 19 heavy (non-hydrogen) atoms. The average Bonchev–Trinajstić information content (AvgIpc) is 3.04. The van der Waals surface area contributed by atoms with Crippen molar-refractivity contribution in [2.45, 2.75) is 31.7 Å². The second kappa shape index (κ2) is 7.62. The molecule has 1 atom stereocenters. The van der Waals surface area contributed by atoms with Crippen LogP contribution in [0.1, 0.15) is 35.4 Å². The number of Topliss-reactive ketones (excluding diaryl/α,β-unsaturated/α-hetero) is 1. The van der Waals surface area contributed by atoms with E-state index in [4.69, 9.17) is 5.73 Å². The van der Waals surface area contributed by atoms with E-state index in [-0.39, 0.29) is 30.1 Å². The molecule has 1 aromatic heterocycles. The zero-order valence-corrected chi connectivity index (χ0v) is 12.3. The molecule has 1 fully saturated rings. The summed E-state index contributed by atoms with van der Waals surface area (Å²) in [5.74, 6) is 0.120. The van der Waals surface area contributed by atoms with Crippen LogP contribution in [0.15, 0.2) is 17.5 Å². The summed E-state index contributed by atoms with van der Waals surface area (Å²) >= 11 is 1.43. The fourth-order valence-electron chi connectivity index (χ4n) is 2.33. The third-order valence-corrected chi connectivity index (χ3v) is 4.24. The smallest absolute Gasteiger partial charge is 0.223 e. The van der Waals surface area contributed by atoms with Crippen molar-refractivity contribution in [3.63, 3.8) is 0 Å². The highest BCUT2D eigenvalue weighted by molar-refractivity contribution is 7.12. The molecular formula is C13H19ClN2O2S. The van der Waals surface area contributed by atoms with Crippen molar-refractivity contribution in [3.8, 4) is 0 Å². The Hall–Kier alpha value is -0.910. The van der Waals surface area contributed by atoms with Crippen LogP contribution in [0.3, 0.4) is 0 Å². The largest absolute Gasteiger partial charge is 0.338 e. The van der Waals surface area contributed by atoms with E-state index < -0.39 is 0 Å². The Morgan fingerprint density at radius 1 is 1.42 bits per heavy atom. The van der Waals surface area contributed by atoms with Crippen molar-refractivity contribution >= 4 is 35.4 Å². The van der Waals surface area contributed by atoms with Gasteiger partial charge in [-0.3, -0.25) is 9.59 Å². The van der Waals surface area contributed by atoms with Crippen molar-refractivity contribution in [1.29, 1.82) is 0 Å². The van der Waals surface area contributed by atoms with E-state index in [1.165, 1.54) is 11.3 Å². The van der Waals surface area contributed by atoms with Crippen LogP contribution >= 0.6 is 23.7 Å². The molecule has 0 spiro atoms. The first-order valence-corrected chi connectivity index (χ1v) is 7.16. The number of halogens is 1. The quantitative estimate of drug-likeness (QED) is 0.847. The third kappa shape index (κ3) is 4.03. The van der Waals surface area contributed by atoms with Crippen molar-refractivity contribution in [2.24, 2.45) is 5.73 Å². The Labute approximate surface area is 123 Å². The first-order valence-electron chi connectivity index (χ1n) is 6.28. The number of likely N-dealkylation sites (tertiary alicyclic amines) is 1. The van der Waals surface area contributed by atoms with Crippen molar-refractivity contribution in [2.75, 3.05) is 13.1 Å². The lowest BCUT2D eigenvalue weighted by Gasteiger charge is -2.23. The van der Waals surface area contributed by atoms with Crippen molar-refractivity contribution in [3.05, 3.63) is 22.4 Å². The molecule has 1 aromatic rings. The number of rotatable bonds is 5. The summed E-state index contributed by atoms with van der Waals surface area (Å²) in [6, 6.07) is 3.83. The summed E-state index contributed by atoms with van der Waals surface area (Å²) in [5.41, 5.74) is 5.64. The number of ketones is 1. The van der Waals surface area contributed by atoms with E-state index in [0.717, 1.165) is 24.3 Å². The van der Waals surface area contributed by atoms with Gasteiger partial charge in [0.05, 0.1) is 4.88 Å². The fourth-order valence-corrected chi connectivity index (χ4v) is 3.03. The highest BCUT2D eigenvalue weighted by atomic mass is 35.5. The summed E-state index contributed by atoms with van der Waals surface area (Å²) in [6.45, 7) is 1.30. The minimum atomic E-state index is 0. The Morgan fingerprint density at radius 3 is 2.84 bits per heavy atom. The van der Waals surface area contributed by atoms with Crippen LogP contribution < -0.4 is 5.73 Å². The van der Waals surface area contributed by atoms with Crippen LogP contribution in [0.5, 0.6) is 0 Å². The summed E-state index contributed by atoms with van der Waals surface area (Å²) in [4.78, 5) is 26.4. The number of amides is 1. The van der Waals surface area contributed by atoms with Gasteiger partial charge in [-0.2, -0.15) is 0 Å². The highest BCUT2D eigenvalue weighted by Crippen LogP contribution is 2.19. The number of hydrogen-bond acceptors (Lipinski definition) is 4. The summed E-state index contributed by atoms with van der Waals surface area (Å²) in [7, 11) is 0. The summed E-state index contributed by atoms with van der Waals surface area (Å²) in [5, 5.41) is 1.87. The molecule has 0 saturated carbocycles. The third-order valence-electron chi connectivity index (χ3n) is 3.33. The molecule has 1 saturated heterocycles. The van der Waals surface area contributed by atoms with Gasteiger partial charge in [-0.25, -0.2) is 0 Å². The van der Waals surface area contributed by atoms with Crippen molar-refractivity contribution in [1.82, 2.24) is 4.90 Å². The van der Waals surface area contributed by atoms with Crippen LogP contribution in [0.2, 0.25) is 0 Å². The van der Waals surface area contributed by atoms with E-state index in [2.05, 4.69) is 0 Å². The second-order valence-corrected chi connectivity index (χ2v) is 5.47. The van der Waals surface area contributed by atoms with Crippen LogP contribution in [0, 0.1) is 0 Å². The number of nitrogens with two attached hydrogens (primary N) is 1. The van der Waals surface area contributed by atoms with Gasteiger partial charge >= 0.3 is 0 Å². The second-order valence-electron chi connectivity index (χ2n) is 4.52. The number of hydrogen-bond donors (Lipinski definition) is 1. The SMILES string of the molecule is Cl.NCC1CCCN1C(=O)CCC(=O)c1cccs1. The van der Waals surface area contributed by atoms with E-state index >= 15 is 0 Å². The van der Waals surface area contributed by atoms with Crippen molar-refractivity contribution < 1.29 is 9.59 Å². The minimum absolute atomic E-state index is 0. The fraction of sp³-hybridized carbons (Fsp3) is 0.538. The number of carbonyl (C=O) groups excluding carboxylic acids is 2. The molecule has 2 heterocycles. The molecule has 1 unspecified atom stereocenters. The molecule has 0 radical (unpaired) electrons. The number of nitrogens with zero attached hydrogens (tertiary/aromatic N) is 1. The van der Waals surface area contributed by atoms with Gasteiger partial charge in [-0.15, -0.1) is 23.7 Å². The molecule has 2 N–H and O–H groups in total. The average molecular weight is 303 g/mol. The van der Waals surface area contributed by atoms with E-state index in [9.17, 15) is 9.59 Å². The Kier molecular flexibility index (Phi) is 6.48. The van der Waals surface area contributed by atoms with Gasteiger partial charge in [0.1, 0.15) is 0 Å².